The van der Waals surface area contributed by atoms with Crippen LogP contribution >= 0.6 is 0 Å². The van der Waals surface area contributed by atoms with E-state index >= 15 is 0 Å². The van der Waals surface area contributed by atoms with E-state index in [1.54, 1.807) is 0 Å². The van der Waals surface area contributed by atoms with Gasteiger partial charge in [0.2, 0.25) is 0 Å². The lowest BCUT2D eigenvalue weighted by atomic mass is 10.2. The molecule has 0 saturated heterocycles. The second-order valence-electron chi connectivity index (χ2n) is 4.18. The highest BCUT2D eigenvalue weighted by Gasteiger charge is 2.21. The van der Waals surface area contributed by atoms with Crippen LogP contribution < -0.4 is 0 Å². The molecule has 0 fully saturated rings. The normalized spacial score (nSPS) is 11.3. The number of aromatic nitrogens is 1. The summed E-state index contributed by atoms with van der Waals surface area (Å²) in [6, 6.07) is 4.58. The zero-order valence-electron chi connectivity index (χ0n) is 10.5. The van der Waals surface area contributed by atoms with Gasteiger partial charge in [0, 0.05) is 12.3 Å². The first kappa shape index (κ1) is 15.0. The zero-order valence-corrected chi connectivity index (χ0v) is 11.3. The van der Waals surface area contributed by atoms with Crippen molar-refractivity contribution in [2.45, 2.75) is 10.6 Å². The maximum atomic E-state index is 13.5. The summed E-state index contributed by atoms with van der Waals surface area (Å²) in [6.45, 7) is 0. The predicted octanol–water partition coefficient (Wildman–Crippen LogP) is 2.03. The molecule has 1 N–H and O–H groups in total. The van der Waals surface area contributed by atoms with Crippen molar-refractivity contribution in [3.63, 3.8) is 0 Å². The van der Waals surface area contributed by atoms with E-state index in [1.165, 1.54) is 12.1 Å². The van der Waals surface area contributed by atoms with Crippen LogP contribution in [0.3, 0.4) is 0 Å². The van der Waals surface area contributed by atoms with E-state index in [0.717, 1.165) is 18.3 Å². The first-order chi connectivity index (χ1) is 9.79. The van der Waals surface area contributed by atoms with Crippen LogP contribution in [0.4, 0.5) is 8.78 Å². The lowest BCUT2D eigenvalue weighted by Gasteiger charge is -2.05. The molecule has 8 heteroatoms. The van der Waals surface area contributed by atoms with Gasteiger partial charge < -0.3 is 5.11 Å². The van der Waals surface area contributed by atoms with E-state index in [2.05, 4.69) is 4.98 Å². The molecule has 0 aliphatic rings. The van der Waals surface area contributed by atoms with Crippen LogP contribution in [0.5, 0.6) is 0 Å². The molecule has 0 amide bonds. The Kier molecular flexibility index (Phi) is 3.99. The van der Waals surface area contributed by atoms with Gasteiger partial charge in [0.15, 0.2) is 9.84 Å². The fourth-order valence-corrected chi connectivity index (χ4v) is 2.98. The molecule has 1 heterocycles. The number of hydrogen-bond donors (Lipinski definition) is 1. The number of carboxylic acid groups (broad SMARTS) is 1. The van der Waals surface area contributed by atoms with Crippen molar-refractivity contribution in [2.24, 2.45) is 0 Å². The van der Waals surface area contributed by atoms with Gasteiger partial charge in [-0.15, -0.1) is 0 Å². The molecule has 0 saturated carbocycles. The van der Waals surface area contributed by atoms with Crippen molar-refractivity contribution in [1.82, 2.24) is 4.98 Å². The van der Waals surface area contributed by atoms with Crippen molar-refractivity contribution in [1.29, 1.82) is 0 Å². The first-order valence-electron chi connectivity index (χ1n) is 5.65. The van der Waals surface area contributed by atoms with Gasteiger partial charge in [-0.25, -0.2) is 22.0 Å². The molecule has 0 aliphatic carbocycles. The fourth-order valence-electron chi connectivity index (χ4n) is 1.64. The van der Waals surface area contributed by atoms with Crippen LogP contribution in [-0.4, -0.2) is 24.5 Å². The fraction of sp³-hybridized carbons (Fsp3) is 0.0769. The maximum absolute atomic E-state index is 13.5. The lowest BCUT2D eigenvalue weighted by molar-refractivity contribution is 0.0696. The molecule has 0 atom stereocenters. The number of rotatable bonds is 4. The first-order valence-corrected chi connectivity index (χ1v) is 7.31. The smallest absolute Gasteiger partial charge is 0.337 e. The van der Waals surface area contributed by atoms with Crippen LogP contribution in [0.15, 0.2) is 41.4 Å². The molecule has 0 spiro atoms. The number of sulfone groups is 1. The Hall–Kier alpha value is -2.35. The van der Waals surface area contributed by atoms with Crippen LogP contribution in [0.2, 0.25) is 0 Å². The molecule has 21 heavy (non-hydrogen) atoms. The minimum absolute atomic E-state index is 0.0590. The molecule has 0 bridgehead atoms. The molecule has 1 aromatic carbocycles. The number of pyridine rings is 1. The summed E-state index contributed by atoms with van der Waals surface area (Å²) in [6.07, 6.45) is 1.01. The van der Waals surface area contributed by atoms with Crippen LogP contribution in [0.25, 0.3) is 0 Å². The highest BCUT2D eigenvalue weighted by atomic mass is 32.2. The summed E-state index contributed by atoms with van der Waals surface area (Å²) in [7, 11) is -4.05. The highest BCUT2D eigenvalue weighted by molar-refractivity contribution is 7.90. The van der Waals surface area contributed by atoms with E-state index in [4.69, 9.17) is 5.11 Å². The van der Waals surface area contributed by atoms with Gasteiger partial charge in [-0.3, -0.25) is 4.98 Å². The zero-order chi connectivity index (χ0) is 15.6. The Morgan fingerprint density at radius 3 is 2.43 bits per heavy atom. The summed E-state index contributed by atoms with van der Waals surface area (Å²) < 4.78 is 50.3. The molecule has 5 nitrogen and oxygen atoms in total. The second-order valence-corrected chi connectivity index (χ2v) is 6.14. The van der Waals surface area contributed by atoms with E-state index in [1.807, 2.05) is 0 Å². The van der Waals surface area contributed by atoms with Gasteiger partial charge in [-0.2, -0.15) is 0 Å². The largest absolute Gasteiger partial charge is 0.478 e. The summed E-state index contributed by atoms with van der Waals surface area (Å²) in [5.74, 6) is -3.87. The van der Waals surface area contributed by atoms with E-state index in [-0.39, 0.29) is 11.3 Å². The lowest BCUT2D eigenvalue weighted by Crippen LogP contribution is -2.09. The number of hydrogen-bond acceptors (Lipinski definition) is 4. The Morgan fingerprint density at radius 1 is 1.19 bits per heavy atom. The highest BCUT2D eigenvalue weighted by Crippen LogP contribution is 2.20. The Labute approximate surface area is 118 Å². The SMILES string of the molecule is O=C(O)c1ccc(CS(=O)(=O)c2ccc(F)cc2F)nc1. The number of benzene rings is 1. The number of carboxylic acids is 1. The Balaban J connectivity index is 2.30. The number of nitrogens with zero attached hydrogens (tertiary/aromatic N) is 1. The molecular formula is C13H9F2NO4S. The Morgan fingerprint density at radius 2 is 1.90 bits per heavy atom. The van der Waals surface area contributed by atoms with Crippen molar-refractivity contribution in [3.8, 4) is 0 Å². The third kappa shape index (κ3) is 3.40. The minimum atomic E-state index is -4.05. The number of aromatic carboxylic acids is 1. The van der Waals surface area contributed by atoms with Crippen molar-refractivity contribution in [3.05, 3.63) is 59.4 Å². The van der Waals surface area contributed by atoms with E-state index in [0.29, 0.717) is 6.07 Å². The van der Waals surface area contributed by atoms with Gasteiger partial charge in [0.25, 0.3) is 0 Å². The third-order valence-electron chi connectivity index (χ3n) is 2.64. The average Bonchev–Trinajstić information content (AvgIpc) is 2.38. The molecule has 2 aromatic rings. The Bertz CT molecular complexity index is 788. The quantitative estimate of drug-likeness (QED) is 0.873. The van der Waals surface area contributed by atoms with Crippen molar-refractivity contribution >= 4 is 15.8 Å². The van der Waals surface area contributed by atoms with Gasteiger partial charge in [0.05, 0.1) is 17.0 Å². The monoisotopic (exact) mass is 313 g/mol. The maximum Gasteiger partial charge on any atom is 0.337 e. The van der Waals surface area contributed by atoms with Crippen LogP contribution in [-0.2, 0) is 15.6 Å². The van der Waals surface area contributed by atoms with Gasteiger partial charge in [-0.05, 0) is 24.3 Å². The third-order valence-corrected chi connectivity index (χ3v) is 4.32. The number of carbonyl (C=O) groups is 1. The standard InChI is InChI=1S/C13H9F2NO4S/c14-9-2-4-12(11(15)5-9)21(19,20)7-10-3-1-8(6-16-10)13(17)18/h1-6H,7H2,(H,17,18). The number of halogens is 2. The summed E-state index contributed by atoms with van der Waals surface area (Å²) in [5.41, 5.74) is -0.0344. The molecular weight excluding hydrogens is 304 g/mol. The topological polar surface area (TPSA) is 84.3 Å². The summed E-state index contributed by atoms with van der Waals surface area (Å²) >= 11 is 0. The summed E-state index contributed by atoms with van der Waals surface area (Å²) in [4.78, 5) is 13.7. The second kappa shape index (κ2) is 5.57. The molecule has 2 rings (SSSR count). The van der Waals surface area contributed by atoms with Crippen molar-refractivity contribution < 1.29 is 27.1 Å². The van der Waals surface area contributed by atoms with E-state index < -0.39 is 38.1 Å². The molecule has 0 radical (unpaired) electrons. The van der Waals surface area contributed by atoms with Crippen LogP contribution in [0, 0.1) is 11.6 Å². The van der Waals surface area contributed by atoms with E-state index in [9.17, 15) is 22.0 Å². The predicted molar refractivity (Wildman–Crippen MR) is 68.4 cm³/mol. The average molecular weight is 313 g/mol. The van der Waals surface area contributed by atoms with Crippen molar-refractivity contribution in [2.75, 3.05) is 0 Å². The van der Waals surface area contributed by atoms with Gasteiger partial charge >= 0.3 is 5.97 Å². The van der Waals surface area contributed by atoms with Gasteiger partial charge in [0.1, 0.15) is 16.5 Å². The summed E-state index contributed by atoms with van der Waals surface area (Å²) in [5, 5.41) is 8.71. The molecule has 1 aromatic heterocycles. The van der Waals surface area contributed by atoms with Crippen LogP contribution in [0.1, 0.15) is 16.1 Å². The minimum Gasteiger partial charge on any atom is -0.478 e. The molecule has 0 unspecified atom stereocenters. The molecule has 0 aliphatic heterocycles. The van der Waals surface area contributed by atoms with Gasteiger partial charge in [-0.1, -0.05) is 0 Å². The molecule has 110 valence electrons.